The van der Waals surface area contributed by atoms with Gasteiger partial charge in [-0.05, 0) is 23.6 Å². The fourth-order valence-electron chi connectivity index (χ4n) is 1.41. The molecule has 0 radical (unpaired) electrons. The van der Waals surface area contributed by atoms with Crippen LogP contribution < -0.4 is 10.5 Å². The second-order valence-corrected chi connectivity index (χ2v) is 5.65. The van der Waals surface area contributed by atoms with E-state index in [1.54, 1.807) is 7.11 Å². The van der Waals surface area contributed by atoms with Crippen molar-refractivity contribution >= 4 is 15.9 Å². The van der Waals surface area contributed by atoms with Crippen LogP contribution >= 0.6 is 15.9 Å². The zero-order chi connectivity index (χ0) is 11.6. The molecule has 1 atom stereocenters. The third-order valence-electron chi connectivity index (χ3n) is 2.46. The van der Waals surface area contributed by atoms with Crippen LogP contribution in [-0.4, -0.2) is 7.11 Å². The number of methoxy groups -OCH3 is 1. The third-order valence-corrected chi connectivity index (χ3v) is 2.95. The van der Waals surface area contributed by atoms with Crippen LogP contribution in [0.5, 0.6) is 5.75 Å². The van der Waals surface area contributed by atoms with Gasteiger partial charge in [0.2, 0.25) is 0 Å². The van der Waals surface area contributed by atoms with Crippen LogP contribution in [0.15, 0.2) is 22.7 Å². The molecule has 84 valence electrons. The molecule has 15 heavy (non-hydrogen) atoms. The van der Waals surface area contributed by atoms with E-state index in [2.05, 4.69) is 36.7 Å². The summed E-state index contributed by atoms with van der Waals surface area (Å²) in [4.78, 5) is 0. The normalized spacial score (nSPS) is 13.7. The summed E-state index contributed by atoms with van der Waals surface area (Å²) in [7, 11) is 1.67. The first kappa shape index (κ1) is 12.5. The molecule has 0 aromatic heterocycles. The number of rotatable bonds is 2. The van der Waals surface area contributed by atoms with Gasteiger partial charge in [0.15, 0.2) is 0 Å². The molecule has 0 spiro atoms. The van der Waals surface area contributed by atoms with Crippen LogP contribution in [0.1, 0.15) is 32.4 Å². The van der Waals surface area contributed by atoms with Crippen molar-refractivity contribution < 1.29 is 4.74 Å². The van der Waals surface area contributed by atoms with Crippen molar-refractivity contribution in [2.45, 2.75) is 26.8 Å². The van der Waals surface area contributed by atoms with Crippen LogP contribution in [0.4, 0.5) is 0 Å². The fraction of sp³-hybridized carbons (Fsp3) is 0.500. The molecule has 0 aliphatic carbocycles. The van der Waals surface area contributed by atoms with Gasteiger partial charge in [0.25, 0.3) is 0 Å². The molecule has 0 fully saturated rings. The Hall–Kier alpha value is -0.540. The number of benzene rings is 1. The van der Waals surface area contributed by atoms with E-state index in [0.717, 1.165) is 15.8 Å². The first-order valence-electron chi connectivity index (χ1n) is 4.95. The molecular formula is C12H18BrNO. The number of nitrogens with two attached hydrogens (primary N) is 1. The Kier molecular flexibility index (Phi) is 3.79. The molecule has 0 saturated carbocycles. The average molecular weight is 272 g/mol. The molecular weight excluding hydrogens is 254 g/mol. The maximum Gasteiger partial charge on any atom is 0.123 e. The van der Waals surface area contributed by atoms with Crippen molar-refractivity contribution in [2.75, 3.05) is 7.11 Å². The van der Waals surface area contributed by atoms with Crippen molar-refractivity contribution in [3.63, 3.8) is 0 Å². The topological polar surface area (TPSA) is 35.2 Å². The molecule has 0 amide bonds. The Bertz CT molecular complexity index is 344. The average Bonchev–Trinajstić information content (AvgIpc) is 2.15. The van der Waals surface area contributed by atoms with Crippen molar-refractivity contribution in [1.29, 1.82) is 0 Å². The second kappa shape index (κ2) is 4.54. The number of ether oxygens (including phenoxy) is 1. The van der Waals surface area contributed by atoms with Gasteiger partial charge in [0.05, 0.1) is 7.11 Å². The number of hydrogen-bond donors (Lipinski definition) is 1. The fourth-order valence-corrected chi connectivity index (χ4v) is 1.79. The van der Waals surface area contributed by atoms with Gasteiger partial charge in [-0.15, -0.1) is 0 Å². The Labute approximate surface area is 99.9 Å². The third kappa shape index (κ3) is 2.95. The predicted molar refractivity (Wildman–Crippen MR) is 67.1 cm³/mol. The van der Waals surface area contributed by atoms with Gasteiger partial charge in [0.1, 0.15) is 5.75 Å². The van der Waals surface area contributed by atoms with E-state index in [-0.39, 0.29) is 11.5 Å². The highest BCUT2D eigenvalue weighted by atomic mass is 79.9. The summed E-state index contributed by atoms with van der Waals surface area (Å²) in [5.41, 5.74) is 7.28. The lowest BCUT2D eigenvalue weighted by molar-refractivity contribution is 0.314. The first-order chi connectivity index (χ1) is 6.86. The highest BCUT2D eigenvalue weighted by Crippen LogP contribution is 2.36. The van der Waals surface area contributed by atoms with Crippen LogP contribution in [0, 0.1) is 5.41 Å². The largest absolute Gasteiger partial charge is 0.496 e. The van der Waals surface area contributed by atoms with Gasteiger partial charge >= 0.3 is 0 Å². The van der Waals surface area contributed by atoms with E-state index in [0.29, 0.717) is 0 Å². The summed E-state index contributed by atoms with van der Waals surface area (Å²) in [5.74, 6) is 0.848. The van der Waals surface area contributed by atoms with E-state index < -0.39 is 0 Å². The summed E-state index contributed by atoms with van der Waals surface area (Å²) in [5, 5.41) is 0. The molecule has 2 N–H and O–H groups in total. The van der Waals surface area contributed by atoms with E-state index in [1.165, 1.54) is 0 Å². The van der Waals surface area contributed by atoms with Crippen LogP contribution in [-0.2, 0) is 0 Å². The zero-order valence-electron chi connectivity index (χ0n) is 9.67. The first-order valence-corrected chi connectivity index (χ1v) is 5.74. The highest BCUT2D eigenvalue weighted by Gasteiger charge is 2.25. The molecule has 1 rings (SSSR count). The maximum atomic E-state index is 6.22. The lowest BCUT2D eigenvalue weighted by Crippen LogP contribution is -2.26. The van der Waals surface area contributed by atoms with Gasteiger partial charge < -0.3 is 10.5 Å². The second-order valence-electron chi connectivity index (χ2n) is 4.73. The quantitative estimate of drug-likeness (QED) is 0.894. The molecule has 1 aromatic rings. The van der Waals surface area contributed by atoms with E-state index in [9.17, 15) is 0 Å². The lowest BCUT2D eigenvalue weighted by Gasteiger charge is -2.28. The monoisotopic (exact) mass is 271 g/mol. The summed E-state index contributed by atoms with van der Waals surface area (Å²) >= 11 is 3.45. The highest BCUT2D eigenvalue weighted by molar-refractivity contribution is 9.10. The Morgan fingerprint density at radius 2 is 1.93 bits per heavy atom. The molecule has 0 saturated heterocycles. The molecule has 1 aromatic carbocycles. The zero-order valence-corrected chi connectivity index (χ0v) is 11.3. The molecule has 0 heterocycles. The summed E-state index contributed by atoms with van der Waals surface area (Å²) in [6.07, 6.45) is 0. The molecule has 3 heteroatoms. The standard InChI is InChI=1S/C12H18BrNO/c1-12(2,3)11(14)9-7-8(13)5-6-10(9)15-4/h5-7,11H,14H2,1-4H3. The van der Waals surface area contributed by atoms with E-state index >= 15 is 0 Å². The summed E-state index contributed by atoms with van der Waals surface area (Å²) in [6, 6.07) is 5.88. The molecule has 2 nitrogen and oxygen atoms in total. The van der Waals surface area contributed by atoms with E-state index in [1.807, 2.05) is 18.2 Å². The van der Waals surface area contributed by atoms with Crippen molar-refractivity contribution in [2.24, 2.45) is 11.1 Å². The van der Waals surface area contributed by atoms with Crippen LogP contribution in [0.25, 0.3) is 0 Å². The van der Waals surface area contributed by atoms with Gasteiger partial charge in [-0.25, -0.2) is 0 Å². The van der Waals surface area contributed by atoms with Gasteiger partial charge in [-0.2, -0.15) is 0 Å². The van der Waals surface area contributed by atoms with Gasteiger partial charge in [-0.1, -0.05) is 36.7 Å². The van der Waals surface area contributed by atoms with Crippen LogP contribution in [0.2, 0.25) is 0 Å². The Morgan fingerprint density at radius 3 is 2.40 bits per heavy atom. The SMILES string of the molecule is COc1ccc(Br)cc1C(N)C(C)(C)C. The minimum atomic E-state index is -0.0371. The van der Waals surface area contributed by atoms with Crippen molar-refractivity contribution in [1.82, 2.24) is 0 Å². The number of hydrogen-bond acceptors (Lipinski definition) is 2. The van der Waals surface area contributed by atoms with E-state index in [4.69, 9.17) is 10.5 Å². The Morgan fingerprint density at radius 1 is 1.33 bits per heavy atom. The van der Waals surface area contributed by atoms with Gasteiger partial charge in [0, 0.05) is 16.1 Å². The van der Waals surface area contributed by atoms with Crippen molar-refractivity contribution in [3.8, 4) is 5.75 Å². The number of halogens is 1. The molecule has 0 aliphatic rings. The van der Waals surface area contributed by atoms with Crippen molar-refractivity contribution in [3.05, 3.63) is 28.2 Å². The molecule has 1 unspecified atom stereocenters. The van der Waals surface area contributed by atoms with Gasteiger partial charge in [-0.3, -0.25) is 0 Å². The predicted octanol–water partition coefficient (Wildman–Crippen LogP) is 3.50. The summed E-state index contributed by atoms with van der Waals surface area (Å²) < 4.78 is 6.34. The Balaban J connectivity index is 3.17. The van der Waals surface area contributed by atoms with Crippen LogP contribution in [0.3, 0.4) is 0 Å². The molecule has 0 bridgehead atoms. The minimum absolute atomic E-state index is 0.0219. The minimum Gasteiger partial charge on any atom is -0.496 e. The maximum absolute atomic E-state index is 6.22. The summed E-state index contributed by atoms with van der Waals surface area (Å²) in [6.45, 7) is 6.37. The smallest absolute Gasteiger partial charge is 0.123 e. The lowest BCUT2D eigenvalue weighted by atomic mass is 9.83. The molecule has 0 aliphatic heterocycles.